The van der Waals surface area contributed by atoms with Crippen molar-refractivity contribution < 1.29 is 0 Å². The Morgan fingerprint density at radius 2 is 0.667 bits per heavy atom. The molecule has 0 aromatic heterocycles. The van der Waals surface area contributed by atoms with E-state index in [1.807, 2.05) is 0 Å². The first-order chi connectivity index (χ1) is 5.82. The average molecular weight is 384 g/mol. The molecule has 4 bridgehead atoms. The Morgan fingerprint density at radius 1 is 0.417 bits per heavy atom. The average Bonchev–Trinajstić information content (AvgIpc) is 2.45. The van der Waals surface area contributed by atoms with E-state index in [1.54, 1.807) is 0 Å². The second kappa shape index (κ2) is 1.65. The number of rotatable bonds is 0. The quantitative estimate of drug-likeness (QED) is 0.445. The lowest BCUT2D eigenvalue weighted by Gasteiger charge is -2.63. The van der Waals surface area contributed by atoms with Crippen LogP contribution in [0.2, 0.25) is 0 Å². The number of halogens is 2. The fourth-order valence-corrected chi connectivity index (χ4v) is 9.86. The Labute approximate surface area is 99.5 Å². The maximum Gasteiger partial charge on any atom is 0.0178 e. The van der Waals surface area contributed by atoms with Crippen LogP contribution in [0.1, 0.15) is 0 Å². The Morgan fingerprint density at radius 3 is 1.00 bits per heavy atom. The lowest BCUT2D eigenvalue weighted by Crippen LogP contribution is -2.61. The fraction of sp³-hybridized carbons (Fsp3) is 1.00. The predicted molar refractivity (Wildman–Crippen MR) is 63.5 cm³/mol. The van der Waals surface area contributed by atoms with Crippen LogP contribution in [-0.4, -0.2) is 7.85 Å². The fourth-order valence-electron chi connectivity index (χ4n) is 6.03. The molecule has 0 N–H and O–H groups in total. The summed E-state index contributed by atoms with van der Waals surface area (Å²) in [4.78, 5) is 0. The molecule has 6 aliphatic carbocycles. The molecule has 12 heavy (non-hydrogen) atoms. The third kappa shape index (κ3) is 0.380. The molecule has 0 aromatic rings. The standard InChI is InChI=1S/C10H10I2/c11-9-5-1-2-4(5)8-7(9)3(1)6(2)10(8)12/h1-10H. The number of hydrogen-bond donors (Lipinski definition) is 0. The van der Waals surface area contributed by atoms with Crippen molar-refractivity contribution in [1.29, 1.82) is 0 Å². The molecule has 0 nitrogen and oxygen atoms in total. The minimum Gasteiger partial charge on any atom is -0.0820 e. The maximum absolute atomic E-state index is 2.78. The van der Waals surface area contributed by atoms with Crippen molar-refractivity contribution in [3.05, 3.63) is 0 Å². The van der Waals surface area contributed by atoms with Gasteiger partial charge in [0.25, 0.3) is 0 Å². The lowest BCUT2D eigenvalue weighted by atomic mass is 9.41. The number of alkyl halides is 2. The van der Waals surface area contributed by atoms with Crippen LogP contribution in [0, 0.1) is 47.3 Å². The second-order valence-corrected chi connectivity index (χ2v) is 8.38. The van der Waals surface area contributed by atoms with Gasteiger partial charge in [-0.1, -0.05) is 45.2 Å². The Balaban J connectivity index is 1.83. The van der Waals surface area contributed by atoms with E-state index in [0.29, 0.717) is 0 Å². The van der Waals surface area contributed by atoms with Crippen LogP contribution in [0.5, 0.6) is 0 Å². The molecule has 0 saturated heterocycles. The van der Waals surface area contributed by atoms with Gasteiger partial charge in [-0.15, -0.1) is 0 Å². The van der Waals surface area contributed by atoms with Gasteiger partial charge in [-0.2, -0.15) is 0 Å². The molecule has 0 heterocycles. The van der Waals surface area contributed by atoms with E-state index in [2.05, 4.69) is 45.2 Å². The van der Waals surface area contributed by atoms with Crippen LogP contribution in [-0.2, 0) is 0 Å². The molecule has 6 fully saturated rings. The lowest BCUT2D eigenvalue weighted by molar-refractivity contribution is -0.168. The first-order valence-electron chi connectivity index (χ1n) is 5.10. The second-order valence-electron chi connectivity index (χ2n) is 5.51. The van der Waals surface area contributed by atoms with Gasteiger partial charge in [0.2, 0.25) is 0 Å². The van der Waals surface area contributed by atoms with Gasteiger partial charge in [-0.25, -0.2) is 0 Å². The third-order valence-electron chi connectivity index (χ3n) is 5.92. The molecule has 2 heteroatoms. The van der Waals surface area contributed by atoms with Crippen molar-refractivity contribution in [1.82, 2.24) is 0 Å². The van der Waals surface area contributed by atoms with Crippen molar-refractivity contribution in [2.45, 2.75) is 7.85 Å². The minimum absolute atomic E-state index is 1.11. The van der Waals surface area contributed by atoms with E-state index in [4.69, 9.17) is 0 Å². The summed E-state index contributed by atoms with van der Waals surface area (Å²) in [6, 6.07) is 0. The molecule has 0 aromatic carbocycles. The minimum atomic E-state index is 1.11. The summed E-state index contributed by atoms with van der Waals surface area (Å²) in [7, 11) is 0. The summed E-state index contributed by atoms with van der Waals surface area (Å²) < 4.78 is 2.21. The highest BCUT2D eigenvalue weighted by molar-refractivity contribution is 14.1. The zero-order valence-electron chi connectivity index (χ0n) is 6.53. The largest absolute Gasteiger partial charge is 0.0820 e. The number of hydrogen-bond acceptors (Lipinski definition) is 0. The molecule has 10 atom stereocenters. The summed E-state index contributed by atoms with van der Waals surface area (Å²) in [6.45, 7) is 0. The Hall–Kier alpha value is 1.46. The maximum atomic E-state index is 2.78. The van der Waals surface area contributed by atoms with Gasteiger partial charge in [0, 0.05) is 7.85 Å². The first kappa shape index (κ1) is 6.85. The summed E-state index contributed by atoms with van der Waals surface area (Å²) in [5.41, 5.74) is 0. The van der Waals surface area contributed by atoms with Crippen LogP contribution in [0.25, 0.3) is 0 Å². The van der Waals surface area contributed by atoms with E-state index in [9.17, 15) is 0 Å². The first-order valence-corrected chi connectivity index (χ1v) is 7.59. The molecule has 0 aliphatic heterocycles. The van der Waals surface area contributed by atoms with E-state index < -0.39 is 0 Å². The topological polar surface area (TPSA) is 0 Å². The van der Waals surface area contributed by atoms with Gasteiger partial charge in [-0.3, -0.25) is 0 Å². The monoisotopic (exact) mass is 384 g/mol. The van der Waals surface area contributed by atoms with E-state index >= 15 is 0 Å². The van der Waals surface area contributed by atoms with Crippen LogP contribution in [0.3, 0.4) is 0 Å². The highest BCUT2D eigenvalue weighted by Crippen LogP contribution is 2.90. The molecule has 0 spiro atoms. The summed E-state index contributed by atoms with van der Waals surface area (Å²) in [5, 5.41) is 0. The zero-order chi connectivity index (χ0) is 7.77. The predicted octanol–water partition coefficient (Wildman–Crippen LogP) is 2.59. The van der Waals surface area contributed by atoms with Gasteiger partial charge in [-0.05, 0) is 47.3 Å². The summed E-state index contributed by atoms with van der Waals surface area (Å²) in [6.07, 6.45) is 0. The molecule has 6 saturated carbocycles. The highest BCUT2D eigenvalue weighted by atomic mass is 127. The van der Waals surface area contributed by atoms with Gasteiger partial charge < -0.3 is 0 Å². The van der Waals surface area contributed by atoms with Crippen LogP contribution in [0.15, 0.2) is 0 Å². The van der Waals surface area contributed by atoms with Crippen molar-refractivity contribution >= 4 is 45.2 Å². The van der Waals surface area contributed by atoms with Crippen molar-refractivity contribution in [3.8, 4) is 0 Å². The van der Waals surface area contributed by atoms with Gasteiger partial charge >= 0.3 is 0 Å². The summed E-state index contributed by atoms with van der Waals surface area (Å²) >= 11 is 5.57. The van der Waals surface area contributed by atoms with Crippen LogP contribution in [0.4, 0.5) is 0 Å². The molecule has 0 amide bonds. The van der Waals surface area contributed by atoms with Crippen LogP contribution < -0.4 is 0 Å². The third-order valence-corrected chi connectivity index (χ3v) is 9.24. The molecular formula is C10H10I2. The van der Waals surface area contributed by atoms with E-state index in [-0.39, 0.29) is 0 Å². The van der Waals surface area contributed by atoms with Gasteiger partial charge in [0.1, 0.15) is 0 Å². The van der Waals surface area contributed by atoms with Crippen LogP contribution >= 0.6 is 45.2 Å². The molecule has 0 radical (unpaired) electrons. The van der Waals surface area contributed by atoms with Crippen molar-refractivity contribution in [3.63, 3.8) is 0 Å². The van der Waals surface area contributed by atoms with Gasteiger partial charge in [0.05, 0.1) is 0 Å². The molecule has 6 aliphatic rings. The Kier molecular flexibility index (Phi) is 0.944. The SMILES string of the molecule is IC1C2C3C(I)C4C2C2C1C3C42. The molecule has 6 rings (SSSR count). The van der Waals surface area contributed by atoms with Gasteiger partial charge in [0.15, 0.2) is 0 Å². The zero-order valence-corrected chi connectivity index (χ0v) is 10.8. The normalized spacial score (nSPS) is 90.5. The van der Waals surface area contributed by atoms with E-state index in [0.717, 1.165) is 7.85 Å². The smallest absolute Gasteiger partial charge is 0.0178 e. The Bertz CT molecular complexity index is 268. The summed E-state index contributed by atoms with van der Waals surface area (Å²) in [5.74, 6) is 9.80. The molecule has 64 valence electrons. The van der Waals surface area contributed by atoms with E-state index in [1.165, 1.54) is 47.3 Å². The van der Waals surface area contributed by atoms with Crippen molar-refractivity contribution in [2.75, 3.05) is 0 Å². The highest BCUT2D eigenvalue weighted by Gasteiger charge is 2.88. The van der Waals surface area contributed by atoms with Crippen molar-refractivity contribution in [2.24, 2.45) is 47.3 Å². The molecular weight excluding hydrogens is 374 g/mol. The molecule has 10 unspecified atom stereocenters.